The average Bonchev–Trinajstić information content (AvgIpc) is 2.46. The van der Waals surface area contributed by atoms with E-state index in [1.807, 2.05) is 25.2 Å². The first-order chi connectivity index (χ1) is 7.79. The van der Waals surface area contributed by atoms with Crippen LogP contribution < -0.4 is 5.32 Å². The van der Waals surface area contributed by atoms with Crippen molar-refractivity contribution in [2.45, 2.75) is 12.8 Å². The molecule has 3 nitrogen and oxygen atoms in total. The predicted molar refractivity (Wildman–Crippen MR) is 63.6 cm³/mol. The highest BCUT2D eigenvalue weighted by Gasteiger charge is 2.22. The largest absolute Gasteiger partial charge is 0.352 e. The molecular formula is C13H14N2O. The topological polar surface area (TPSA) is 34.0 Å². The minimum Gasteiger partial charge on any atom is -0.352 e. The molecule has 0 spiro atoms. The van der Waals surface area contributed by atoms with Crippen LogP contribution in [-0.2, 0) is 13.5 Å². The second-order valence-electron chi connectivity index (χ2n) is 4.26. The molecule has 2 heterocycles. The molecule has 0 saturated heterocycles. The van der Waals surface area contributed by atoms with Crippen molar-refractivity contribution in [1.82, 2.24) is 9.88 Å². The summed E-state index contributed by atoms with van der Waals surface area (Å²) in [5.41, 5.74) is 3.18. The van der Waals surface area contributed by atoms with Gasteiger partial charge in [-0.3, -0.25) is 4.79 Å². The number of hydrogen-bond acceptors (Lipinski definition) is 1. The van der Waals surface area contributed by atoms with Gasteiger partial charge in [-0.2, -0.15) is 0 Å². The number of aryl methyl sites for hydroxylation is 1. The minimum atomic E-state index is 0.0734. The van der Waals surface area contributed by atoms with E-state index in [2.05, 4.69) is 16.0 Å². The van der Waals surface area contributed by atoms with E-state index in [-0.39, 0.29) is 5.91 Å². The van der Waals surface area contributed by atoms with Gasteiger partial charge in [-0.1, -0.05) is 18.2 Å². The first-order valence-electron chi connectivity index (χ1n) is 5.63. The fourth-order valence-electron chi connectivity index (χ4n) is 2.54. The highest BCUT2D eigenvalue weighted by molar-refractivity contribution is 6.08. The summed E-state index contributed by atoms with van der Waals surface area (Å²) in [4.78, 5) is 12.0. The van der Waals surface area contributed by atoms with Gasteiger partial charge in [0.1, 0.15) is 0 Å². The SMILES string of the molecule is Cn1c2c(c3ccccc31)C(=O)NCCC2. The van der Waals surface area contributed by atoms with Crippen molar-refractivity contribution in [1.29, 1.82) is 0 Å². The standard InChI is InChI=1S/C13H14N2O/c1-15-10-6-3-2-5-9(10)12-11(15)7-4-8-14-13(12)16/h2-3,5-6H,4,7-8H2,1H3,(H,14,16). The molecular weight excluding hydrogens is 200 g/mol. The molecule has 0 saturated carbocycles. The molecule has 2 aromatic rings. The lowest BCUT2D eigenvalue weighted by Gasteiger charge is -2.01. The van der Waals surface area contributed by atoms with E-state index in [0.29, 0.717) is 0 Å². The van der Waals surface area contributed by atoms with Gasteiger partial charge in [0.25, 0.3) is 5.91 Å². The maximum absolute atomic E-state index is 12.0. The summed E-state index contributed by atoms with van der Waals surface area (Å²) in [7, 11) is 2.04. The van der Waals surface area contributed by atoms with Gasteiger partial charge < -0.3 is 9.88 Å². The Morgan fingerprint density at radius 3 is 3.00 bits per heavy atom. The van der Waals surface area contributed by atoms with Gasteiger partial charge >= 0.3 is 0 Å². The normalized spacial score (nSPS) is 15.7. The van der Waals surface area contributed by atoms with Crippen LogP contribution in [0.5, 0.6) is 0 Å². The molecule has 16 heavy (non-hydrogen) atoms. The zero-order valence-electron chi connectivity index (χ0n) is 9.29. The number of nitrogens with zero attached hydrogens (tertiary/aromatic N) is 1. The molecule has 0 unspecified atom stereocenters. The van der Waals surface area contributed by atoms with Crippen LogP contribution >= 0.6 is 0 Å². The van der Waals surface area contributed by atoms with Gasteiger partial charge in [0.05, 0.1) is 5.56 Å². The zero-order chi connectivity index (χ0) is 11.1. The summed E-state index contributed by atoms with van der Waals surface area (Å²) in [6.07, 6.45) is 1.99. The molecule has 82 valence electrons. The maximum atomic E-state index is 12.0. The fraction of sp³-hybridized carbons (Fsp3) is 0.308. The number of rotatable bonds is 0. The molecule has 1 N–H and O–H groups in total. The number of amides is 1. The number of fused-ring (bicyclic) bond motifs is 3. The van der Waals surface area contributed by atoms with E-state index < -0.39 is 0 Å². The van der Waals surface area contributed by atoms with Crippen molar-refractivity contribution in [2.24, 2.45) is 7.05 Å². The van der Waals surface area contributed by atoms with Crippen molar-refractivity contribution < 1.29 is 4.79 Å². The summed E-state index contributed by atoms with van der Waals surface area (Å²) in [5.74, 6) is 0.0734. The molecule has 0 atom stereocenters. The smallest absolute Gasteiger partial charge is 0.253 e. The first-order valence-corrected chi connectivity index (χ1v) is 5.63. The van der Waals surface area contributed by atoms with Crippen LogP contribution in [0.3, 0.4) is 0 Å². The molecule has 0 fully saturated rings. The zero-order valence-corrected chi connectivity index (χ0v) is 9.29. The van der Waals surface area contributed by atoms with Crippen molar-refractivity contribution >= 4 is 16.8 Å². The predicted octanol–water partition coefficient (Wildman–Crippen LogP) is 1.85. The lowest BCUT2D eigenvalue weighted by atomic mass is 10.1. The van der Waals surface area contributed by atoms with Crippen LogP contribution in [0.2, 0.25) is 0 Å². The average molecular weight is 214 g/mol. The van der Waals surface area contributed by atoms with Gasteiger partial charge in [0.15, 0.2) is 0 Å². The molecule has 0 aliphatic carbocycles. The number of carbonyl (C=O) groups excluding carboxylic acids is 1. The van der Waals surface area contributed by atoms with E-state index in [4.69, 9.17) is 0 Å². The number of benzene rings is 1. The maximum Gasteiger partial charge on any atom is 0.253 e. The Morgan fingerprint density at radius 1 is 1.31 bits per heavy atom. The van der Waals surface area contributed by atoms with Gasteiger partial charge in [0, 0.05) is 30.2 Å². The molecule has 1 aliphatic heterocycles. The molecule has 1 aliphatic rings. The van der Waals surface area contributed by atoms with Crippen molar-refractivity contribution in [3.05, 3.63) is 35.5 Å². The lowest BCUT2D eigenvalue weighted by molar-refractivity contribution is 0.0957. The third kappa shape index (κ3) is 1.18. The number of aromatic nitrogens is 1. The van der Waals surface area contributed by atoms with Crippen LogP contribution in [0, 0.1) is 0 Å². The van der Waals surface area contributed by atoms with E-state index in [0.717, 1.165) is 41.5 Å². The van der Waals surface area contributed by atoms with Gasteiger partial charge in [-0.25, -0.2) is 0 Å². The summed E-state index contributed by atoms with van der Waals surface area (Å²) in [5, 5.41) is 4.02. The summed E-state index contributed by atoms with van der Waals surface area (Å²) >= 11 is 0. The Bertz CT molecular complexity index is 569. The third-order valence-electron chi connectivity index (χ3n) is 3.33. The van der Waals surface area contributed by atoms with E-state index >= 15 is 0 Å². The van der Waals surface area contributed by atoms with Crippen LogP contribution in [-0.4, -0.2) is 17.0 Å². The Balaban J connectivity index is 2.39. The molecule has 3 rings (SSSR count). The monoisotopic (exact) mass is 214 g/mol. The second-order valence-corrected chi connectivity index (χ2v) is 4.26. The van der Waals surface area contributed by atoms with Crippen molar-refractivity contribution in [3.8, 4) is 0 Å². The summed E-state index contributed by atoms with van der Waals surface area (Å²) in [6.45, 7) is 0.780. The quantitative estimate of drug-likeness (QED) is 0.713. The van der Waals surface area contributed by atoms with Gasteiger partial charge in [-0.15, -0.1) is 0 Å². The third-order valence-corrected chi connectivity index (χ3v) is 3.33. The van der Waals surface area contributed by atoms with Crippen LogP contribution in [0.4, 0.5) is 0 Å². The number of para-hydroxylation sites is 1. The molecule has 1 amide bonds. The molecule has 0 bridgehead atoms. The van der Waals surface area contributed by atoms with Crippen LogP contribution in [0.25, 0.3) is 10.9 Å². The van der Waals surface area contributed by atoms with E-state index in [1.54, 1.807) is 0 Å². The highest BCUT2D eigenvalue weighted by atomic mass is 16.1. The Morgan fingerprint density at radius 2 is 2.12 bits per heavy atom. The van der Waals surface area contributed by atoms with Gasteiger partial charge in [0.2, 0.25) is 0 Å². The molecule has 1 aromatic carbocycles. The highest BCUT2D eigenvalue weighted by Crippen LogP contribution is 2.27. The van der Waals surface area contributed by atoms with Crippen molar-refractivity contribution in [2.75, 3.05) is 6.54 Å². The Kier molecular flexibility index (Phi) is 1.99. The fourth-order valence-corrected chi connectivity index (χ4v) is 2.54. The molecule has 1 aromatic heterocycles. The number of nitrogens with one attached hydrogen (secondary N) is 1. The van der Waals surface area contributed by atoms with Crippen LogP contribution in [0.15, 0.2) is 24.3 Å². The van der Waals surface area contributed by atoms with E-state index in [1.165, 1.54) is 0 Å². The van der Waals surface area contributed by atoms with Crippen LogP contribution in [0.1, 0.15) is 22.5 Å². The summed E-state index contributed by atoms with van der Waals surface area (Å²) in [6, 6.07) is 8.09. The minimum absolute atomic E-state index is 0.0734. The first kappa shape index (κ1) is 9.46. The van der Waals surface area contributed by atoms with Crippen molar-refractivity contribution in [3.63, 3.8) is 0 Å². The summed E-state index contributed by atoms with van der Waals surface area (Å²) < 4.78 is 2.15. The Hall–Kier alpha value is -1.77. The second kappa shape index (κ2) is 3.37. The Labute approximate surface area is 94.1 Å². The lowest BCUT2D eigenvalue weighted by Crippen LogP contribution is -2.22. The number of hydrogen-bond donors (Lipinski definition) is 1. The van der Waals surface area contributed by atoms with E-state index in [9.17, 15) is 4.79 Å². The number of carbonyl (C=O) groups is 1. The van der Waals surface area contributed by atoms with Gasteiger partial charge in [-0.05, 0) is 18.9 Å². The molecule has 0 radical (unpaired) electrons. The molecule has 3 heteroatoms.